The van der Waals surface area contributed by atoms with Crippen molar-refractivity contribution < 1.29 is 14.4 Å². The number of carbonyl (C=O) groups excluding carboxylic acids is 3. The fraction of sp³-hybridized carbons (Fsp3) is 0.607. The van der Waals surface area contributed by atoms with Crippen LogP contribution in [-0.2, 0) is 20.8 Å². The molecule has 1 aromatic carbocycles. The highest BCUT2D eigenvalue weighted by atomic mass is 16.2. The quantitative estimate of drug-likeness (QED) is 0.387. The molecule has 4 atom stereocenters. The van der Waals surface area contributed by atoms with Gasteiger partial charge >= 0.3 is 0 Å². The Kier molecular flexibility index (Phi) is 8.34. The van der Waals surface area contributed by atoms with Crippen LogP contribution in [0.4, 0.5) is 0 Å². The molecule has 0 aliphatic heterocycles. The van der Waals surface area contributed by atoms with Crippen LogP contribution in [-0.4, -0.2) is 41.3 Å². The molecular formula is C28H41N3O3. The van der Waals surface area contributed by atoms with Gasteiger partial charge in [-0.05, 0) is 61.5 Å². The van der Waals surface area contributed by atoms with Gasteiger partial charge in [-0.25, -0.2) is 0 Å². The van der Waals surface area contributed by atoms with Crippen LogP contribution >= 0.6 is 0 Å². The minimum Gasteiger partial charge on any atom is -0.343 e. The third-order valence-corrected chi connectivity index (χ3v) is 6.91. The molecule has 0 aromatic heterocycles. The first-order valence-corrected chi connectivity index (χ1v) is 12.7. The van der Waals surface area contributed by atoms with Crippen LogP contribution in [0.15, 0.2) is 42.5 Å². The average Bonchev–Trinajstić information content (AvgIpc) is 3.69. The smallest absolute Gasteiger partial charge is 0.243 e. The van der Waals surface area contributed by atoms with E-state index in [1.807, 2.05) is 30.3 Å². The van der Waals surface area contributed by atoms with Gasteiger partial charge in [0.25, 0.3) is 0 Å². The highest BCUT2D eigenvalue weighted by molar-refractivity contribution is 6.07. The SMILES string of the molecule is C=C(C)C(=O)C1(NC(=O)C(Cc2ccccc2)NC(=O)[C@H](CC(C)C)NC2CC2)C[C@H]1C(C)C. The number of ketones is 1. The number of benzene rings is 1. The molecule has 0 spiro atoms. The molecule has 6 heteroatoms. The summed E-state index contributed by atoms with van der Waals surface area (Å²) in [5.41, 5.74) is 0.480. The Hall–Kier alpha value is -2.47. The lowest BCUT2D eigenvalue weighted by atomic mass is 9.96. The van der Waals surface area contributed by atoms with Crippen molar-refractivity contribution >= 4 is 17.6 Å². The number of rotatable bonds is 13. The summed E-state index contributed by atoms with van der Waals surface area (Å²) >= 11 is 0. The van der Waals surface area contributed by atoms with Gasteiger partial charge in [0.1, 0.15) is 11.6 Å². The number of hydrogen-bond acceptors (Lipinski definition) is 4. The Morgan fingerprint density at radius 1 is 1.03 bits per heavy atom. The van der Waals surface area contributed by atoms with Crippen LogP contribution in [0.3, 0.4) is 0 Å². The zero-order valence-electron chi connectivity index (χ0n) is 21.3. The second-order valence-corrected chi connectivity index (χ2v) is 11.0. The van der Waals surface area contributed by atoms with Crippen molar-refractivity contribution in [1.29, 1.82) is 0 Å². The summed E-state index contributed by atoms with van der Waals surface area (Å²) in [6.07, 6.45) is 3.83. The van der Waals surface area contributed by atoms with Gasteiger partial charge in [0.2, 0.25) is 11.8 Å². The molecule has 2 aliphatic carbocycles. The van der Waals surface area contributed by atoms with Gasteiger partial charge in [0, 0.05) is 12.5 Å². The maximum atomic E-state index is 13.6. The Balaban J connectivity index is 1.80. The Bertz CT molecular complexity index is 903. The standard InChI is InChI=1S/C28H41N3O3/c1-17(2)14-23(29-21-12-13-21)26(33)30-24(15-20-10-8-7-9-11-20)27(34)31-28(25(32)19(5)6)16-22(28)18(3)4/h7-11,17-18,21-24,29H,5,12-16H2,1-4,6H3,(H,30,33)(H,31,34)/t22-,23-,24?,28?/m0/s1. The fourth-order valence-electron chi connectivity index (χ4n) is 4.83. The topological polar surface area (TPSA) is 87.3 Å². The predicted molar refractivity (Wildman–Crippen MR) is 135 cm³/mol. The highest BCUT2D eigenvalue weighted by Gasteiger charge is 2.61. The summed E-state index contributed by atoms with van der Waals surface area (Å²) in [6.45, 7) is 13.8. The first-order chi connectivity index (χ1) is 16.0. The molecular weight excluding hydrogens is 426 g/mol. The number of hydrogen-bond donors (Lipinski definition) is 3. The van der Waals surface area contributed by atoms with E-state index in [1.165, 1.54) is 0 Å². The van der Waals surface area contributed by atoms with Crippen LogP contribution in [0.1, 0.15) is 65.9 Å². The van der Waals surface area contributed by atoms with E-state index in [1.54, 1.807) is 6.92 Å². The third kappa shape index (κ3) is 6.56. The predicted octanol–water partition coefficient (Wildman–Crippen LogP) is 3.56. The highest BCUT2D eigenvalue weighted by Crippen LogP contribution is 2.50. The molecule has 2 unspecified atom stereocenters. The zero-order valence-corrected chi connectivity index (χ0v) is 21.3. The van der Waals surface area contributed by atoms with Gasteiger partial charge in [-0.15, -0.1) is 0 Å². The summed E-state index contributed by atoms with van der Waals surface area (Å²) in [5, 5.41) is 9.51. The van der Waals surface area contributed by atoms with E-state index in [9.17, 15) is 14.4 Å². The molecule has 3 rings (SSSR count). The van der Waals surface area contributed by atoms with E-state index < -0.39 is 11.6 Å². The van der Waals surface area contributed by atoms with Crippen LogP contribution in [0, 0.1) is 17.8 Å². The van der Waals surface area contributed by atoms with Crippen molar-refractivity contribution in [1.82, 2.24) is 16.0 Å². The van der Waals surface area contributed by atoms with Gasteiger partial charge in [-0.2, -0.15) is 0 Å². The molecule has 2 fully saturated rings. The number of Topliss-reactive ketones (excluding diaryl/α,β-unsaturated/α-hetero) is 1. The molecule has 0 radical (unpaired) electrons. The maximum Gasteiger partial charge on any atom is 0.243 e. The molecule has 34 heavy (non-hydrogen) atoms. The lowest BCUT2D eigenvalue weighted by Crippen LogP contribution is -2.57. The van der Waals surface area contributed by atoms with E-state index in [0.29, 0.717) is 36.8 Å². The van der Waals surface area contributed by atoms with E-state index in [2.05, 4.69) is 50.2 Å². The van der Waals surface area contributed by atoms with Gasteiger partial charge in [-0.1, -0.05) is 64.6 Å². The fourth-order valence-corrected chi connectivity index (χ4v) is 4.83. The molecule has 2 amide bonds. The van der Waals surface area contributed by atoms with Crippen molar-refractivity contribution in [3.63, 3.8) is 0 Å². The molecule has 0 saturated heterocycles. The van der Waals surface area contributed by atoms with Crippen molar-refractivity contribution in [2.45, 2.75) is 90.4 Å². The molecule has 0 bridgehead atoms. The first kappa shape index (κ1) is 26.1. The number of amides is 2. The van der Waals surface area contributed by atoms with E-state index in [0.717, 1.165) is 18.4 Å². The summed E-state index contributed by atoms with van der Waals surface area (Å²) < 4.78 is 0. The van der Waals surface area contributed by atoms with Crippen molar-refractivity contribution in [2.24, 2.45) is 17.8 Å². The van der Waals surface area contributed by atoms with Crippen LogP contribution in [0.2, 0.25) is 0 Å². The summed E-state index contributed by atoms with van der Waals surface area (Å²) in [5.74, 6) is 0.0799. The first-order valence-electron chi connectivity index (χ1n) is 12.7. The van der Waals surface area contributed by atoms with Gasteiger partial charge in [0.15, 0.2) is 5.78 Å². The second-order valence-electron chi connectivity index (χ2n) is 11.0. The van der Waals surface area contributed by atoms with Crippen LogP contribution in [0.5, 0.6) is 0 Å². The molecule has 2 saturated carbocycles. The monoisotopic (exact) mass is 467 g/mol. The van der Waals surface area contributed by atoms with Crippen molar-refractivity contribution in [3.05, 3.63) is 48.0 Å². The van der Waals surface area contributed by atoms with Crippen molar-refractivity contribution in [2.75, 3.05) is 0 Å². The Morgan fingerprint density at radius 2 is 1.68 bits per heavy atom. The zero-order chi connectivity index (χ0) is 25.0. The minimum atomic E-state index is -0.916. The minimum absolute atomic E-state index is 0.0685. The molecule has 1 aromatic rings. The van der Waals surface area contributed by atoms with E-state index in [4.69, 9.17) is 0 Å². The molecule has 2 aliphatic rings. The van der Waals surface area contributed by atoms with Crippen LogP contribution < -0.4 is 16.0 Å². The van der Waals surface area contributed by atoms with Gasteiger partial charge in [0.05, 0.1) is 6.04 Å². The molecule has 3 N–H and O–H groups in total. The molecule has 0 heterocycles. The third-order valence-electron chi connectivity index (χ3n) is 6.91. The average molecular weight is 468 g/mol. The van der Waals surface area contributed by atoms with Crippen molar-refractivity contribution in [3.8, 4) is 0 Å². The van der Waals surface area contributed by atoms with E-state index in [-0.39, 0.29) is 35.5 Å². The molecule has 186 valence electrons. The number of nitrogens with one attached hydrogen (secondary N) is 3. The van der Waals surface area contributed by atoms with Gasteiger partial charge < -0.3 is 16.0 Å². The van der Waals surface area contributed by atoms with Crippen LogP contribution in [0.25, 0.3) is 0 Å². The van der Waals surface area contributed by atoms with Gasteiger partial charge in [-0.3, -0.25) is 14.4 Å². The maximum absolute atomic E-state index is 13.6. The molecule has 6 nitrogen and oxygen atoms in total. The van der Waals surface area contributed by atoms with E-state index >= 15 is 0 Å². The number of carbonyl (C=O) groups is 3. The summed E-state index contributed by atoms with van der Waals surface area (Å²) in [6, 6.07) is 8.93. The second kappa shape index (κ2) is 10.9. The lowest BCUT2D eigenvalue weighted by Gasteiger charge is -2.27. The Morgan fingerprint density at radius 3 is 2.18 bits per heavy atom. The Labute approximate surface area is 204 Å². The lowest BCUT2D eigenvalue weighted by molar-refractivity contribution is -0.132. The normalized spacial score (nSPS) is 23.3. The summed E-state index contributed by atoms with van der Waals surface area (Å²) in [7, 11) is 0. The largest absolute Gasteiger partial charge is 0.343 e. The summed E-state index contributed by atoms with van der Waals surface area (Å²) in [4.78, 5) is 39.9.